The molecule has 104 valence electrons. The number of nitrogens with one attached hydrogen (secondary N) is 1. The number of carbonyl (C=O) groups is 1. The lowest BCUT2D eigenvalue weighted by Crippen LogP contribution is -2.29. The Labute approximate surface area is 114 Å². The van der Waals surface area contributed by atoms with Crippen LogP contribution in [0.15, 0.2) is 47.4 Å². The van der Waals surface area contributed by atoms with Crippen LogP contribution in [0.1, 0.15) is 10.4 Å². The smallest absolute Gasteiger partial charge is 0.266 e. The lowest BCUT2D eigenvalue weighted by atomic mass is 10.2. The van der Waals surface area contributed by atoms with E-state index in [1.54, 1.807) is 30.3 Å². The number of hydrogen-bond acceptors (Lipinski definition) is 5. The zero-order valence-electron chi connectivity index (χ0n) is 10.7. The molecule has 0 aliphatic heterocycles. The highest BCUT2D eigenvalue weighted by Crippen LogP contribution is 2.13. The second-order valence-electron chi connectivity index (χ2n) is 3.93. The molecule has 2 rings (SSSR count). The summed E-state index contributed by atoms with van der Waals surface area (Å²) in [5, 5.41) is 3.91. The van der Waals surface area contributed by atoms with Gasteiger partial charge in [0.05, 0.1) is 6.54 Å². The molecular weight excluding hydrogens is 260 g/mol. The third-order valence-corrected chi connectivity index (χ3v) is 2.58. The monoisotopic (exact) mass is 274 g/mol. The van der Waals surface area contributed by atoms with Gasteiger partial charge in [-0.25, -0.2) is 10.5 Å². The molecule has 1 aromatic carbocycles. The summed E-state index contributed by atoms with van der Waals surface area (Å²) in [5.41, 5.74) is 2.26. The van der Waals surface area contributed by atoms with Gasteiger partial charge in [-0.2, -0.15) is 5.10 Å². The van der Waals surface area contributed by atoms with Crippen molar-refractivity contribution in [3.8, 4) is 5.75 Å². The fraction of sp³-hybridized carbons (Fsp3) is 0.154. The summed E-state index contributed by atoms with van der Waals surface area (Å²) in [6.07, 6.45) is 1.54. The number of hydrogen-bond donors (Lipinski definition) is 2. The second-order valence-corrected chi connectivity index (χ2v) is 3.93. The van der Waals surface area contributed by atoms with E-state index in [0.717, 1.165) is 0 Å². The Hall–Kier alpha value is -2.67. The van der Waals surface area contributed by atoms with Crippen LogP contribution in [0.2, 0.25) is 0 Å². The maximum absolute atomic E-state index is 11.4. The number of nitrogens with zero attached hydrogens (tertiary/aromatic N) is 2. The van der Waals surface area contributed by atoms with E-state index in [1.165, 1.54) is 16.9 Å². The van der Waals surface area contributed by atoms with E-state index in [2.05, 4.69) is 5.10 Å². The average Bonchev–Trinajstić information content (AvgIpc) is 2.49. The maximum atomic E-state index is 11.4. The normalized spacial score (nSPS) is 10.1. The van der Waals surface area contributed by atoms with Crippen molar-refractivity contribution in [3.05, 3.63) is 58.5 Å². The Bertz CT molecular complexity index is 654. The molecule has 0 radical (unpaired) electrons. The Balaban J connectivity index is 1.96. The number of amides is 1. The second kappa shape index (κ2) is 6.48. The van der Waals surface area contributed by atoms with Gasteiger partial charge in [-0.05, 0) is 24.3 Å². The number of hydrazine groups is 1. The zero-order valence-corrected chi connectivity index (χ0v) is 10.7. The summed E-state index contributed by atoms with van der Waals surface area (Å²) in [6.45, 7) is 0.595. The molecular formula is C13H14N4O3. The maximum Gasteiger partial charge on any atom is 0.266 e. The molecule has 20 heavy (non-hydrogen) atoms. The molecule has 1 aromatic heterocycles. The van der Waals surface area contributed by atoms with E-state index in [0.29, 0.717) is 17.9 Å². The van der Waals surface area contributed by atoms with Gasteiger partial charge >= 0.3 is 0 Å². The number of rotatable bonds is 5. The molecule has 0 saturated heterocycles. The van der Waals surface area contributed by atoms with Crippen LogP contribution in [0.3, 0.4) is 0 Å². The lowest BCUT2D eigenvalue weighted by Gasteiger charge is -2.08. The summed E-state index contributed by atoms with van der Waals surface area (Å²) in [7, 11) is 0. The molecule has 0 saturated carbocycles. The first-order chi connectivity index (χ1) is 9.70. The van der Waals surface area contributed by atoms with E-state index in [-0.39, 0.29) is 12.2 Å². The number of benzene rings is 1. The van der Waals surface area contributed by atoms with E-state index in [1.807, 2.05) is 5.43 Å². The van der Waals surface area contributed by atoms with Crippen molar-refractivity contribution in [3.63, 3.8) is 0 Å². The minimum Gasteiger partial charge on any atom is -0.492 e. The summed E-state index contributed by atoms with van der Waals surface area (Å²) in [4.78, 5) is 22.8. The number of nitrogens with two attached hydrogens (primary N) is 1. The lowest BCUT2D eigenvalue weighted by molar-refractivity contribution is 0.0953. The highest BCUT2D eigenvalue weighted by Gasteiger charge is 2.04. The molecule has 3 N–H and O–H groups in total. The van der Waals surface area contributed by atoms with Crippen molar-refractivity contribution in [2.24, 2.45) is 5.84 Å². The van der Waals surface area contributed by atoms with Crippen LogP contribution < -0.4 is 21.6 Å². The topological polar surface area (TPSA) is 99.2 Å². The third kappa shape index (κ3) is 3.42. The summed E-state index contributed by atoms with van der Waals surface area (Å²) < 4.78 is 6.78. The Morgan fingerprint density at radius 2 is 2.20 bits per heavy atom. The van der Waals surface area contributed by atoms with Gasteiger partial charge < -0.3 is 4.74 Å². The summed E-state index contributed by atoms with van der Waals surface area (Å²) >= 11 is 0. The molecule has 0 aliphatic rings. The van der Waals surface area contributed by atoms with E-state index < -0.39 is 5.91 Å². The fourth-order valence-corrected chi connectivity index (χ4v) is 1.62. The molecule has 2 aromatic rings. The molecule has 1 heterocycles. The van der Waals surface area contributed by atoms with Crippen molar-refractivity contribution in [2.75, 3.05) is 6.61 Å². The van der Waals surface area contributed by atoms with E-state index in [4.69, 9.17) is 10.6 Å². The Morgan fingerprint density at radius 3 is 2.95 bits per heavy atom. The van der Waals surface area contributed by atoms with Crippen molar-refractivity contribution < 1.29 is 9.53 Å². The van der Waals surface area contributed by atoms with Gasteiger partial charge in [0.2, 0.25) is 0 Å². The third-order valence-electron chi connectivity index (χ3n) is 2.58. The predicted molar refractivity (Wildman–Crippen MR) is 72.1 cm³/mol. The van der Waals surface area contributed by atoms with Crippen molar-refractivity contribution >= 4 is 5.91 Å². The minimum atomic E-state index is -0.392. The van der Waals surface area contributed by atoms with Crippen LogP contribution in [-0.4, -0.2) is 22.3 Å². The summed E-state index contributed by atoms with van der Waals surface area (Å²) in [6, 6.07) is 9.61. The van der Waals surface area contributed by atoms with Crippen LogP contribution >= 0.6 is 0 Å². The molecule has 7 heteroatoms. The van der Waals surface area contributed by atoms with Crippen molar-refractivity contribution in [1.82, 2.24) is 15.2 Å². The van der Waals surface area contributed by atoms with Gasteiger partial charge in [0.1, 0.15) is 12.4 Å². The molecule has 7 nitrogen and oxygen atoms in total. The number of nitrogen functional groups attached to an aromatic ring is 1. The van der Waals surface area contributed by atoms with Crippen LogP contribution in [0.25, 0.3) is 0 Å². The average molecular weight is 274 g/mol. The molecule has 0 atom stereocenters. The summed E-state index contributed by atoms with van der Waals surface area (Å²) in [5.74, 6) is 5.19. The highest BCUT2D eigenvalue weighted by molar-refractivity contribution is 5.94. The van der Waals surface area contributed by atoms with Gasteiger partial charge in [0, 0.05) is 17.8 Å². The van der Waals surface area contributed by atoms with Crippen LogP contribution in [0, 0.1) is 0 Å². The molecule has 1 amide bonds. The molecule has 0 fully saturated rings. The zero-order chi connectivity index (χ0) is 14.4. The molecule has 0 unspecified atom stereocenters. The Kier molecular flexibility index (Phi) is 4.46. The van der Waals surface area contributed by atoms with Gasteiger partial charge in [0.25, 0.3) is 11.5 Å². The van der Waals surface area contributed by atoms with Crippen molar-refractivity contribution in [2.45, 2.75) is 6.54 Å². The number of ether oxygens (including phenoxy) is 1. The Morgan fingerprint density at radius 1 is 1.35 bits per heavy atom. The fourth-order valence-electron chi connectivity index (χ4n) is 1.62. The van der Waals surface area contributed by atoms with Crippen LogP contribution in [-0.2, 0) is 6.54 Å². The van der Waals surface area contributed by atoms with Crippen molar-refractivity contribution in [1.29, 1.82) is 0 Å². The van der Waals surface area contributed by atoms with Gasteiger partial charge in [-0.15, -0.1) is 0 Å². The molecule has 0 spiro atoms. The quantitative estimate of drug-likeness (QED) is 0.451. The standard InChI is InChI=1S/C13H14N4O3/c14-16-13(19)10-3-1-4-11(9-10)20-8-7-17-12(18)5-2-6-15-17/h1-6,9H,7-8,14H2,(H,16,19). The largest absolute Gasteiger partial charge is 0.492 e. The van der Waals surface area contributed by atoms with E-state index in [9.17, 15) is 9.59 Å². The predicted octanol–water partition coefficient (Wildman–Crippen LogP) is -0.0742. The number of carbonyl (C=O) groups excluding carboxylic acids is 1. The molecule has 0 bridgehead atoms. The highest BCUT2D eigenvalue weighted by atomic mass is 16.5. The minimum absolute atomic E-state index is 0.188. The van der Waals surface area contributed by atoms with Gasteiger partial charge in [0.15, 0.2) is 0 Å². The first-order valence-electron chi connectivity index (χ1n) is 5.96. The molecule has 0 aliphatic carbocycles. The van der Waals surface area contributed by atoms with E-state index >= 15 is 0 Å². The first kappa shape index (κ1) is 13.8. The van der Waals surface area contributed by atoms with Gasteiger partial charge in [-0.1, -0.05) is 6.07 Å². The van der Waals surface area contributed by atoms with Crippen LogP contribution in [0.4, 0.5) is 0 Å². The first-order valence-corrected chi connectivity index (χ1v) is 5.96. The SMILES string of the molecule is NNC(=O)c1cccc(OCCn2ncccc2=O)c1. The number of aromatic nitrogens is 2. The van der Waals surface area contributed by atoms with Crippen LogP contribution in [0.5, 0.6) is 5.75 Å². The van der Waals surface area contributed by atoms with Gasteiger partial charge in [-0.3, -0.25) is 15.0 Å².